The molecule has 1 saturated carbocycles. The van der Waals surface area contributed by atoms with Gasteiger partial charge in [-0.25, -0.2) is 0 Å². The number of aromatic nitrogens is 2. The summed E-state index contributed by atoms with van der Waals surface area (Å²) < 4.78 is 6.63. The second-order valence-electron chi connectivity index (χ2n) is 10.5. The molecule has 0 amide bonds. The first-order valence-corrected chi connectivity index (χ1v) is 14.6. The van der Waals surface area contributed by atoms with Gasteiger partial charge in [0, 0.05) is 54.2 Å². The minimum atomic E-state index is 0.171. The van der Waals surface area contributed by atoms with Crippen LogP contribution < -0.4 is 0 Å². The number of Topliss-reactive ketones (excluding diaryl/α,β-unsaturated/α-hetero) is 1. The Morgan fingerprint density at radius 2 is 1.05 bits per heavy atom. The standard InChI is InChI=1S/C33H32Br2N2O/c1-20-14-27(18-25-16-21(2)36(23(25)4)31-10-6-29(34)7-11-31)33(38)28(15-20)19-26-17-22(3)37(24(26)5)32-12-8-30(35)9-13-32/h6-13,16-20H,14-15H2,1-5H3. The van der Waals surface area contributed by atoms with Gasteiger partial charge in [-0.3, -0.25) is 4.79 Å². The Balaban J connectivity index is 1.49. The van der Waals surface area contributed by atoms with E-state index in [0.29, 0.717) is 5.92 Å². The van der Waals surface area contributed by atoms with Gasteiger partial charge in [0.2, 0.25) is 0 Å². The van der Waals surface area contributed by atoms with Gasteiger partial charge in [-0.05, 0) is 130 Å². The van der Waals surface area contributed by atoms with Crippen molar-refractivity contribution in [1.82, 2.24) is 9.13 Å². The van der Waals surface area contributed by atoms with Crippen LogP contribution in [0, 0.1) is 33.6 Å². The van der Waals surface area contributed by atoms with E-state index >= 15 is 0 Å². The van der Waals surface area contributed by atoms with Gasteiger partial charge in [-0.15, -0.1) is 0 Å². The molecule has 1 aliphatic rings. The SMILES string of the molecule is Cc1cc(C=C2CC(C)CC(=Cc3cc(C)n(-c4ccc(Br)cc4)c3C)C2=O)c(C)n1-c1ccc(Br)cc1. The van der Waals surface area contributed by atoms with Gasteiger partial charge < -0.3 is 9.13 Å². The molecule has 5 heteroatoms. The predicted octanol–water partition coefficient (Wildman–Crippen LogP) is 9.49. The van der Waals surface area contributed by atoms with E-state index in [1.165, 1.54) is 0 Å². The average molecular weight is 632 g/mol. The minimum absolute atomic E-state index is 0.171. The zero-order valence-electron chi connectivity index (χ0n) is 22.5. The fraction of sp³-hybridized carbons (Fsp3) is 0.242. The van der Waals surface area contributed by atoms with E-state index in [4.69, 9.17) is 0 Å². The highest BCUT2D eigenvalue weighted by Crippen LogP contribution is 2.34. The predicted molar refractivity (Wildman–Crippen MR) is 165 cm³/mol. The number of carbonyl (C=O) groups excluding carboxylic acids is 1. The summed E-state index contributed by atoms with van der Waals surface area (Å²) in [6.07, 6.45) is 5.84. The number of hydrogen-bond donors (Lipinski definition) is 0. The van der Waals surface area contributed by atoms with Crippen LogP contribution in [-0.4, -0.2) is 14.9 Å². The minimum Gasteiger partial charge on any atom is -0.318 e. The first kappa shape index (κ1) is 26.7. The molecule has 0 bridgehead atoms. The quantitative estimate of drug-likeness (QED) is 0.206. The lowest BCUT2D eigenvalue weighted by Crippen LogP contribution is -2.18. The fourth-order valence-electron chi connectivity index (χ4n) is 5.68. The average Bonchev–Trinajstić information content (AvgIpc) is 3.31. The summed E-state index contributed by atoms with van der Waals surface area (Å²) in [7, 11) is 0. The van der Waals surface area contributed by atoms with Crippen molar-refractivity contribution in [3.63, 3.8) is 0 Å². The summed E-state index contributed by atoms with van der Waals surface area (Å²) in [5, 5.41) is 0. The Morgan fingerprint density at radius 3 is 1.42 bits per heavy atom. The topological polar surface area (TPSA) is 26.9 Å². The van der Waals surface area contributed by atoms with Crippen LogP contribution in [-0.2, 0) is 4.79 Å². The van der Waals surface area contributed by atoms with Crippen LogP contribution in [0.1, 0.15) is 53.7 Å². The third-order valence-corrected chi connectivity index (χ3v) is 8.55. The molecule has 0 N–H and O–H groups in total. The Hall–Kier alpha value is -2.89. The number of aryl methyl sites for hydroxylation is 2. The van der Waals surface area contributed by atoms with Gasteiger partial charge in [0.15, 0.2) is 5.78 Å². The molecule has 0 saturated heterocycles. The molecule has 1 fully saturated rings. The zero-order chi connectivity index (χ0) is 27.1. The molecule has 4 aromatic rings. The molecule has 2 aromatic heterocycles. The Kier molecular flexibility index (Phi) is 7.52. The molecule has 0 aliphatic heterocycles. The molecule has 38 heavy (non-hydrogen) atoms. The number of halogens is 2. The Labute approximate surface area is 242 Å². The molecule has 3 nitrogen and oxygen atoms in total. The van der Waals surface area contributed by atoms with E-state index in [9.17, 15) is 4.79 Å². The van der Waals surface area contributed by atoms with Crippen LogP contribution in [0.2, 0.25) is 0 Å². The van der Waals surface area contributed by atoms with Crippen LogP contribution in [0.15, 0.2) is 80.8 Å². The highest BCUT2D eigenvalue weighted by molar-refractivity contribution is 9.10. The van der Waals surface area contributed by atoms with Gasteiger partial charge in [0.1, 0.15) is 0 Å². The fourth-order valence-corrected chi connectivity index (χ4v) is 6.21. The van der Waals surface area contributed by atoms with Gasteiger partial charge in [-0.1, -0.05) is 38.8 Å². The third-order valence-electron chi connectivity index (χ3n) is 7.49. The maximum Gasteiger partial charge on any atom is 0.185 e. The lowest BCUT2D eigenvalue weighted by molar-refractivity contribution is -0.113. The molecule has 0 spiro atoms. The van der Waals surface area contributed by atoms with Crippen molar-refractivity contribution in [2.75, 3.05) is 0 Å². The second-order valence-corrected chi connectivity index (χ2v) is 12.3. The van der Waals surface area contributed by atoms with Crippen molar-refractivity contribution < 1.29 is 4.79 Å². The lowest BCUT2D eigenvalue weighted by atomic mass is 9.81. The molecule has 2 heterocycles. The molecule has 5 rings (SSSR count). The maximum atomic E-state index is 13.7. The number of nitrogens with zero attached hydrogens (tertiary/aromatic N) is 2. The van der Waals surface area contributed by atoms with E-state index < -0.39 is 0 Å². The normalized spacial score (nSPS) is 18.1. The van der Waals surface area contributed by atoms with Gasteiger partial charge in [-0.2, -0.15) is 0 Å². The highest BCUT2D eigenvalue weighted by atomic mass is 79.9. The van der Waals surface area contributed by atoms with E-state index in [-0.39, 0.29) is 5.78 Å². The van der Waals surface area contributed by atoms with Crippen LogP contribution in [0.3, 0.4) is 0 Å². The number of carbonyl (C=O) groups is 1. The van der Waals surface area contributed by atoms with Crippen LogP contribution in [0.4, 0.5) is 0 Å². The van der Waals surface area contributed by atoms with Crippen molar-refractivity contribution in [2.45, 2.75) is 47.5 Å². The van der Waals surface area contributed by atoms with E-state index in [1.54, 1.807) is 0 Å². The summed E-state index contributed by atoms with van der Waals surface area (Å²) in [6, 6.07) is 21.1. The number of benzene rings is 2. The monoisotopic (exact) mass is 630 g/mol. The highest BCUT2D eigenvalue weighted by Gasteiger charge is 2.26. The number of hydrogen-bond acceptors (Lipinski definition) is 1. The summed E-state index contributed by atoms with van der Waals surface area (Å²) in [6.45, 7) is 10.7. The van der Waals surface area contributed by atoms with Gasteiger partial charge >= 0.3 is 0 Å². The molecule has 194 valence electrons. The van der Waals surface area contributed by atoms with Crippen molar-refractivity contribution in [3.8, 4) is 11.4 Å². The number of allylic oxidation sites excluding steroid dienone is 2. The Bertz CT molecular complexity index is 1460. The van der Waals surface area contributed by atoms with E-state index in [1.807, 2.05) is 0 Å². The smallest absolute Gasteiger partial charge is 0.185 e. The summed E-state index contributed by atoms with van der Waals surface area (Å²) in [4.78, 5) is 13.7. The molecule has 2 aromatic carbocycles. The molecule has 0 radical (unpaired) electrons. The van der Waals surface area contributed by atoms with Crippen molar-refractivity contribution >= 4 is 49.8 Å². The molecule has 0 atom stereocenters. The van der Waals surface area contributed by atoms with E-state index in [2.05, 4.69) is 148 Å². The number of rotatable bonds is 4. The van der Waals surface area contributed by atoms with Crippen molar-refractivity contribution in [2.24, 2.45) is 5.92 Å². The zero-order valence-corrected chi connectivity index (χ0v) is 25.7. The van der Waals surface area contributed by atoms with Crippen LogP contribution >= 0.6 is 31.9 Å². The molecule has 1 aliphatic carbocycles. The van der Waals surface area contributed by atoms with Gasteiger partial charge in [0.25, 0.3) is 0 Å². The third kappa shape index (κ3) is 5.19. The largest absolute Gasteiger partial charge is 0.318 e. The first-order chi connectivity index (χ1) is 18.1. The summed E-state index contributed by atoms with van der Waals surface area (Å²) in [5.41, 5.74) is 10.9. The second kappa shape index (κ2) is 10.7. The van der Waals surface area contributed by atoms with Crippen LogP contribution in [0.5, 0.6) is 0 Å². The van der Waals surface area contributed by atoms with Crippen molar-refractivity contribution in [3.05, 3.63) is 115 Å². The molecular formula is C33H32Br2N2O. The van der Waals surface area contributed by atoms with Crippen LogP contribution in [0.25, 0.3) is 23.5 Å². The summed E-state index contributed by atoms with van der Waals surface area (Å²) in [5.74, 6) is 0.583. The Morgan fingerprint density at radius 1 is 0.684 bits per heavy atom. The maximum absolute atomic E-state index is 13.7. The lowest BCUT2D eigenvalue weighted by Gasteiger charge is -2.22. The number of ketones is 1. The van der Waals surface area contributed by atoms with Gasteiger partial charge in [0.05, 0.1) is 0 Å². The molecule has 0 unspecified atom stereocenters. The first-order valence-electron chi connectivity index (χ1n) is 13.0. The molecular weight excluding hydrogens is 600 g/mol. The van der Waals surface area contributed by atoms with E-state index in [0.717, 1.165) is 78.2 Å². The summed E-state index contributed by atoms with van der Waals surface area (Å²) >= 11 is 7.05. The van der Waals surface area contributed by atoms with Crippen molar-refractivity contribution in [1.29, 1.82) is 0 Å².